The molecule has 36 heavy (non-hydrogen) atoms. The molecule has 2 aliphatic rings. The number of rotatable bonds is 5. The summed E-state index contributed by atoms with van der Waals surface area (Å²) in [4.78, 5) is 11.6. The van der Waals surface area contributed by atoms with Crippen LogP contribution in [-0.2, 0) is 11.8 Å². The van der Waals surface area contributed by atoms with Crippen LogP contribution in [0.5, 0.6) is 0 Å². The van der Waals surface area contributed by atoms with Gasteiger partial charge in [-0.25, -0.2) is 14.4 Å². The van der Waals surface area contributed by atoms with Crippen LogP contribution in [0.25, 0.3) is 33.6 Å². The second-order valence-corrected chi connectivity index (χ2v) is 9.70. The van der Waals surface area contributed by atoms with Gasteiger partial charge in [0.1, 0.15) is 6.17 Å². The monoisotopic (exact) mass is 487 g/mol. The summed E-state index contributed by atoms with van der Waals surface area (Å²) in [5, 5.41) is 8.90. The lowest BCUT2D eigenvalue weighted by Crippen LogP contribution is -2.50. The van der Waals surface area contributed by atoms with Crippen molar-refractivity contribution in [3.05, 3.63) is 61.4 Å². The maximum absolute atomic E-state index is 14.3. The molecule has 0 aliphatic carbocycles. The fourth-order valence-corrected chi connectivity index (χ4v) is 5.31. The third-order valence-corrected chi connectivity index (χ3v) is 7.34. The van der Waals surface area contributed by atoms with E-state index in [1.54, 1.807) is 4.68 Å². The highest BCUT2D eigenvalue weighted by molar-refractivity contribution is 5.70. The van der Waals surface area contributed by atoms with Gasteiger partial charge in [-0.05, 0) is 30.9 Å². The fraction of sp³-hybridized carbons (Fsp3) is 0.407. The third kappa shape index (κ3) is 4.68. The van der Waals surface area contributed by atoms with Crippen LogP contribution in [0.15, 0.2) is 61.4 Å². The number of likely N-dealkylation sites (tertiary alicyclic amines) is 1. The molecule has 2 saturated heterocycles. The van der Waals surface area contributed by atoms with E-state index in [1.807, 2.05) is 50.2 Å². The van der Waals surface area contributed by atoms with Crippen molar-refractivity contribution in [2.24, 2.45) is 7.05 Å². The predicted molar refractivity (Wildman–Crippen MR) is 135 cm³/mol. The second-order valence-electron chi connectivity index (χ2n) is 9.70. The zero-order valence-corrected chi connectivity index (χ0v) is 20.4. The van der Waals surface area contributed by atoms with Gasteiger partial charge < -0.3 is 4.74 Å². The Morgan fingerprint density at radius 3 is 2.36 bits per heavy atom. The topological polar surface area (TPSA) is 73.9 Å². The molecule has 5 heterocycles. The SMILES string of the molecule is Cn1cc(-c2cccc(-c3ncc(-c4cnn(C5CCN(C6CCOCC6F)CC5)c4)cn3)c2)cn1. The molecule has 0 spiro atoms. The Morgan fingerprint density at radius 2 is 1.61 bits per heavy atom. The van der Waals surface area contributed by atoms with Gasteiger partial charge in [0, 0.05) is 79.8 Å². The van der Waals surface area contributed by atoms with Gasteiger partial charge in [-0.2, -0.15) is 10.2 Å². The standard InChI is InChI=1S/C27H30FN7O/c1-33-16-22(14-31-33)19-3-2-4-20(11-19)27-29-12-21(13-30-27)23-15-32-35(17-23)24-5-8-34(9-6-24)26-7-10-36-18-25(26)28/h2-4,11-17,24-26H,5-10,18H2,1H3. The third-order valence-electron chi connectivity index (χ3n) is 7.34. The number of nitrogens with zero attached hydrogens (tertiary/aromatic N) is 7. The Bertz CT molecular complexity index is 1310. The smallest absolute Gasteiger partial charge is 0.159 e. The van der Waals surface area contributed by atoms with E-state index >= 15 is 0 Å². The molecule has 0 amide bonds. The second kappa shape index (κ2) is 9.91. The molecule has 2 aliphatic heterocycles. The van der Waals surface area contributed by atoms with Crippen molar-refractivity contribution in [2.75, 3.05) is 26.3 Å². The van der Waals surface area contributed by atoms with Crippen LogP contribution in [-0.4, -0.2) is 72.9 Å². The Balaban J connectivity index is 1.12. The number of aryl methyl sites for hydroxylation is 1. The largest absolute Gasteiger partial charge is 0.378 e. The van der Waals surface area contributed by atoms with Crippen LogP contribution in [0.3, 0.4) is 0 Å². The van der Waals surface area contributed by atoms with Crippen molar-refractivity contribution in [3.8, 4) is 33.6 Å². The van der Waals surface area contributed by atoms with Crippen molar-refractivity contribution < 1.29 is 9.13 Å². The van der Waals surface area contributed by atoms with Crippen LogP contribution >= 0.6 is 0 Å². The average molecular weight is 488 g/mol. The maximum atomic E-state index is 14.3. The molecule has 0 saturated carbocycles. The lowest BCUT2D eigenvalue weighted by Gasteiger charge is -2.40. The van der Waals surface area contributed by atoms with Crippen LogP contribution in [0.4, 0.5) is 4.39 Å². The summed E-state index contributed by atoms with van der Waals surface area (Å²) in [5.74, 6) is 0.684. The summed E-state index contributed by atoms with van der Waals surface area (Å²) in [6.07, 6.45) is 13.3. The van der Waals surface area contributed by atoms with Crippen LogP contribution in [0.2, 0.25) is 0 Å². The van der Waals surface area contributed by atoms with Gasteiger partial charge in [-0.1, -0.05) is 18.2 Å². The predicted octanol–water partition coefficient (Wildman–Crippen LogP) is 4.17. The minimum absolute atomic E-state index is 0.00593. The molecule has 186 valence electrons. The highest BCUT2D eigenvalue weighted by atomic mass is 19.1. The maximum Gasteiger partial charge on any atom is 0.159 e. The van der Waals surface area contributed by atoms with Crippen LogP contribution in [0.1, 0.15) is 25.3 Å². The first-order valence-electron chi connectivity index (χ1n) is 12.6. The molecule has 6 rings (SSSR count). The van der Waals surface area contributed by atoms with Gasteiger partial charge >= 0.3 is 0 Å². The Labute approximate surface area is 209 Å². The molecule has 2 atom stereocenters. The zero-order valence-electron chi connectivity index (χ0n) is 20.4. The first-order valence-corrected chi connectivity index (χ1v) is 12.6. The summed E-state index contributed by atoms with van der Waals surface area (Å²) < 4.78 is 23.4. The van der Waals surface area contributed by atoms with Crippen molar-refractivity contribution in [2.45, 2.75) is 37.5 Å². The van der Waals surface area contributed by atoms with E-state index in [4.69, 9.17) is 4.74 Å². The molecule has 1 aromatic carbocycles. The first-order chi connectivity index (χ1) is 17.6. The highest BCUT2D eigenvalue weighted by Crippen LogP contribution is 2.29. The van der Waals surface area contributed by atoms with E-state index in [2.05, 4.69) is 48.1 Å². The molecule has 8 nitrogen and oxygen atoms in total. The number of aromatic nitrogens is 6. The number of benzene rings is 1. The minimum Gasteiger partial charge on any atom is -0.378 e. The van der Waals surface area contributed by atoms with Gasteiger partial charge in [0.05, 0.1) is 25.0 Å². The van der Waals surface area contributed by atoms with E-state index in [-0.39, 0.29) is 12.6 Å². The fourth-order valence-electron chi connectivity index (χ4n) is 5.31. The molecule has 2 unspecified atom stereocenters. The molecule has 0 bridgehead atoms. The summed E-state index contributed by atoms with van der Waals surface area (Å²) in [7, 11) is 1.91. The number of halogens is 1. The molecule has 9 heteroatoms. The number of hydrogen-bond donors (Lipinski definition) is 0. The molecule has 2 fully saturated rings. The Hall–Kier alpha value is -3.43. The Morgan fingerprint density at radius 1 is 0.861 bits per heavy atom. The van der Waals surface area contributed by atoms with Crippen molar-refractivity contribution in [3.63, 3.8) is 0 Å². The summed E-state index contributed by atoms with van der Waals surface area (Å²) >= 11 is 0. The molecule has 4 aromatic rings. The highest BCUT2D eigenvalue weighted by Gasteiger charge is 2.33. The number of alkyl halides is 1. The zero-order chi connectivity index (χ0) is 24.5. The minimum atomic E-state index is -0.882. The normalized spacial score (nSPS) is 21.6. The number of piperidine rings is 1. The summed E-state index contributed by atoms with van der Waals surface area (Å²) in [5.41, 5.74) is 5.05. The molecule has 0 radical (unpaired) electrons. The van der Waals surface area contributed by atoms with E-state index in [1.165, 1.54) is 0 Å². The van der Waals surface area contributed by atoms with Gasteiger partial charge in [-0.3, -0.25) is 14.3 Å². The van der Waals surface area contributed by atoms with E-state index in [0.717, 1.165) is 60.2 Å². The van der Waals surface area contributed by atoms with E-state index in [0.29, 0.717) is 18.5 Å². The van der Waals surface area contributed by atoms with Gasteiger partial charge in [-0.15, -0.1) is 0 Å². The van der Waals surface area contributed by atoms with E-state index < -0.39 is 6.17 Å². The van der Waals surface area contributed by atoms with Crippen molar-refractivity contribution in [1.29, 1.82) is 0 Å². The first kappa shape index (κ1) is 23.0. The lowest BCUT2D eigenvalue weighted by molar-refractivity contribution is -0.0361. The summed E-state index contributed by atoms with van der Waals surface area (Å²) in [6, 6.07) is 8.50. The molecular formula is C27H30FN7O. The van der Waals surface area contributed by atoms with Crippen LogP contribution < -0.4 is 0 Å². The number of hydrogen-bond acceptors (Lipinski definition) is 6. The van der Waals surface area contributed by atoms with Gasteiger partial charge in [0.25, 0.3) is 0 Å². The lowest BCUT2D eigenvalue weighted by atomic mass is 9.99. The Kier molecular flexibility index (Phi) is 6.33. The summed E-state index contributed by atoms with van der Waals surface area (Å²) in [6.45, 7) is 2.66. The molecule has 0 N–H and O–H groups in total. The van der Waals surface area contributed by atoms with Gasteiger partial charge in [0.15, 0.2) is 5.82 Å². The van der Waals surface area contributed by atoms with Crippen LogP contribution in [0, 0.1) is 0 Å². The van der Waals surface area contributed by atoms with Gasteiger partial charge in [0.2, 0.25) is 0 Å². The van der Waals surface area contributed by atoms with Crippen molar-refractivity contribution in [1.82, 2.24) is 34.4 Å². The molecule has 3 aromatic heterocycles. The molecular weight excluding hydrogens is 457 g/mol. The quantitative estimate of drug-likeness (QED) is 0.421. The van der Waals surface area contributed by atoms with E-state index in [9.17, 15) is 4.39 Å². The van der Waals surface area contributed by atoms with Crippen molar-refractivity contribution >= 4 is 0 Å². The number of ether oxygens (including phenoxy) is 1. The average Bonchev–Trinajstić information content (AvgIpc) is 3.59.